The first-order valence-corrected chi connectivity index (χ1v) is 9.03. The first kappa shape index (κ1) is 23.9. The Balaban J connectivity index is 4.15. The molecule has 0 fully saturated rings. The Morgan fingerprint density at radius 3 is 2.46 bits per heavy atom. The number of amides is 2. The van der Waals surface area contributed by atoms with Crippen molar-refractivity contribution in [2.45, 2.75) is 39.0 Å². The molecule has 0 heterocycles. The molecule has 0 radical (unpaired) electrons. The van der Waals surface area contributed by atoms with Crippen LogP contribution in [0.3, 0.4) is 0 Å². The molecule has 4 N–H and O–H groups in total. The summed E-state index contributed by atoms with van der Waals surface area (Å²) < 4.78 is 0. The highest BCUT2D eigenvalue weighted by Crippen LogP contribution is 2.07. The second-order valence-corrected chi connectivity index (χ2v) is 5.91. The molecule has 0 aliphatic carbocycles. The zero-order chi connectivity index (χ0) is 19.6. The maximum absolute atomic E-state index is 12.1. The van der Waals surface area contributed by atoms with E-state index < -0.39 is 0 Å². The van der Waals surface area contributed by atoms with Gasteiger partial charge >= 0.3 is 0 Å². The first-order chi connectivity index (χ1) is 12.5. The second kappa shape index (κ2) is 16.4. The van der Waals surface area contributed by atoms with E-state index in [0.29, 0.717) is 32.7 Å². The van der Waals surface area contributed by atoms with E-state index >= 15 is 0 Å². The monoisotopic (exact) mass is 366 g/mol. The van der Waals surface area contributed by atoms with Gasteiger partial charge in [-0.2, -0.15) is 0 Å². The van der Waals surface area contributed by atoms with E-state index in [2.05, 4.69) is 34.7 Å². The van der Waals surface area contributed by atoms with Crippen molar-refractivity contribution in [1.82, 2.24) is 15.5 Å². The molecule has 7 nitrogen and oxygen atoms in total. The number of carbonyl (C=O) groups is 2. The number of allylic oxidation sites excluding steroid dienone is 3. The molecule has 0 atom stereocenters. The van der Waals surface area contributed by atoms with Gasteiger partial charge in [-0.3, -0.25) is 9.59 Å². The van der Waals surface area contributed by atoms with Gasteiger partial charge in [0.15, 0.2) is 0 Å². The van der Waals surface area contributed by atoms with Gasteiger partial charge in [-0.15, -0.1) is 13.2 Å². The Morgan fingerprint density at radius 2 is 1.81 bits per heavy atom. The van der Waals surface area contributed by atoms with Crippen LogP contribution in [0, 0.1) is 0 Å². The minimum Gasteiger partial charge on any atom is -0.362 e. The van der Waals surface area contributed by atoms with E-state index in [1.54, 1.807) is 6.08 Å². The SMILES string of the molecule is C=CCCCC=C(C)N(CC=C)CC(=O)NCCC(=O)NCCCON. The number of rotatable bonds is 16. The molecule has 26 heavy (non-hydrogen) atoms. The third-order valence-corrected chi connectivity index (χ3v) is 3.67. The van der Waals surface area contributed by atoms with Gasteiger partial charge in [0.1, 0.15) is 0 Å². The number of nitrogens with one attached hydrogen (secondary N) is 2. The predicted octanol–water partition coefficient (Wildman–Crippen LogP) is 1.64. The van der Waals surface area contributed by atoms with E-state index in [0.717, 1.165) is 25.0 Å². The lowest BCUT2D eigenvalue weighted by Gasteiger charge is -2.23. The summed E-state index contributed by atoms with van der Waals surface area (Å²) in [6.07, 6.45) is 9.67. The Morgan fingerprint density at radius 1 is 1.08 bits per heavy atom. The smallest absolute Gasteiger partial charge is 0.239 e. The van der Waals surface area contributed by atoms with Crippen molar-refractivity contribution in [3.8, 4) is 0 Å². The third-order valence-electron chi connectivity index (χ3n) is 3.67. The molecule has 0 aromatic carbocycles. The fourth-order valence-electron chi connectivity index (χ4n) is 2.21. The summed E-state index contributed by atoms with van der Waals surface area (Å²) >= 11 is 0. The highest BCUT2D eigenvalue weighted by molar-refractivity contribution is 5.80. The van der Waals surface area contributed by atoms with E-state index in [-0.39, 0.29) is 24.8 Å². The molecule has 0 saturated carbocycles. The Hall–Kier alpha value is -2.12. The predicted molar refractivity (Wildman–Crippen MR) is 105 cm³/mol. The van der Waals surface area contributed by atoms with Crippen molar-refractivity contribution in [3.05, 3.63) is 37.1 Å². The molecular weight excluding hydrogens is 332 g/mol. The molecule has 0 aromatic heterocycles. The lowest BCUT2D eigenvalue weighted by molar-refractivity contribution is -0.122. The fourth-order valence-corrected chi connectivity index (χ4v) is 2.21. The van der Waals surface area contributed by atoms with Gasteiger partial charge in [-0.05, 0) is 32.6 Å². The molecule has 0 aromatic rings. The van der Waals surface area contributed by atoms with E-state index in [9.17, 15) is 9.59 Å². The van der Waals surface area contributed by atoms with Crippen LogP contribution in [0.2, 0.25) is 0 Å². The van der Waals surface area contributed by atoms with Crippen LogP contribution < -0.4 is 16.5 Å². The largest absolute Gasteiger partial charge is 0.362 e. The number of hydrogen-bond acceptors (Lipinski definition) is 5. The molecule has 148 valence electrons. The molecule has 0 aliphatic heterocycles. The fraction of sp³-hybridized carbons (Fsp3) is 0.579. The molecule has 0 aliphatic rings. The standard InChI is InChI=1S/C19H34N4O3/c1-4-6-7-8-10-17(3)23(14-5-2)16-19(25)22-13-11-18(24)21-12-9-15-26-20/h4-5,10H,1-2,6-9,11-16,20H2,3H3,(H,21,24)(H,22,25). The van der Waals surface area contributed by atoms with Crippen LogP contribution >= 0.6 is 0 Å². The summed E-state index contributed by atoms with van der Waals surface area (Å²) in [5, 5.41) is 5.51. The molecular formula is C19H34N4O3. The molecule has 0 saturated heterocycles. The minimum absolute atomic E-state index is 0.108. The van der Waals surface area contributed by atoms with Crippen LogP contribution in [0.5, 0.6) is 0 Å². The number of nitrogens with two attached hydrogens (primary N) is 1. The maximum atomic E-state index is 12.1. The highest BCUT2D eigenvalue weighted by Gasteiger charge is 2.10. The summed E-state index contributed by atoms with van der Waals surface area (Å²) in [5.41, 5.74) is 1.05. The lowest BCUT2D eigenvalue weighted by Crippen LogP contribution is -2.38. The van der Waals surface area contributed by atoms with Gasteiger partial charge in [0.25, 0.3) is 0 Å². The van der Waals surface area contributed by atoms with Crippen LogP contribution in [0.25, 0.3) is 0 Å². The quantitative estimate of drug-likeness (QED) is 0.219. The molecule has 2 amide bonds. The zero-order valence-electron chi connectivity index (χ0n) is 16.0. The molecule has 0 bridgehead atoms. The highest BCUT2D eigenvalue weighted by atomic mass is 16.6. The van der Waals surface area contributed by atoms with Crippen LogP contribution in [0.1, 0.15) is 39.0 Å². The van der Waals surface area contributed by atoms with Gasteiger partial charge in [0.2, 0.25) is 11.8 Å². The normalized spacial score (nSPS) is 10.9. The van der Waals surface area contributed by atoms with Crippen molar-refractivity contribution in [1.29, 1.82) is 0 Å². The average Bonchev–Trinajstić information content (AvgIpc) is 2.62. The van der Waals surface area contributed by atoms with Crippen molar-refractivity contribution in [2.24, 2.45) is 5.90 Å². The van der Waals surface area contributed by atoms with Crippen LogP contribution in [0.4, 0.5) is 0 Å². The average molecular weight is 367 g/mol. The summed E-state index contributed by atoms with van der Waals surface area (Å²) in [6.45, 7) is 11.5. The Kier molecular flexibility index (Phi) is 15.0. The van der Waals surface area contributed by atoms with Crippen molar-refractivity contribution < 1.29 is 14.4 Å². The molecule has 7 heteroatoms. The van der Waals surface area contributed by atoms with Crippen molar-refractivity contribution in [3.63, 3.8) is 0 Å². The summed E-state index contributed by atoms with van der Waals surface area (Å²) in [6, 6.07) is 0. The summed E-state index contributed by atoms with van der Waals surface area (Å²) in [5.74, 6) is 4.68. The molecule has 0 unspecified atom stereocenters. The second-order valence-electron chi connectivity index (χ2n) is 5.91. The number of hydrogen-bond donors (Lipinski definition) is 3. The van der Waals surface area contributed by atoms with Gasteiger partial charge in [-0.25, -0.2) is 5.90 Å². The first-order valence-electron chi connectivity index (χ1n) is 9.03. The summed E-state index contributed by atoms with van der Waals surface area (Å²) in [7, 11) is 0. The van der Waals surface area contributed by atoms with Gasteiger partial charge < -0.3 is 20.4 Å². The van der Waals surface area contributed by atoms with Crippen LogP contribution in [-0.4, -0.2) is 49.5 Å². The van der Waals surface area contributed by atoms with Crippen molar-refractivity contribution in [2.75, 3.05) is 32.8 Å². The van der Waals surface area contributed by atoms with E-state index in [1.807, 2.05) is 17.9 Å². The van der Waals surface area contributed by atoms with Crippen LogP contribution in [0.15, 0.2) is 37.1 Å². The van der Waals surface area contributed by atoms with Gasteiger partial charge in [-0.1, -0.05) is 18.2 Å². The molecule has 0 rings (SSSR count). The Labute approximate surface area is 157 Å². The van der Waals surface area contributed by atoms with E-state index in [1.165, 1.54) is 0 Å². The lowest BCUT2D eigenvalue weighted by atomic mass is 10.2. The summed E-state index contributed by atoms with van der Waals surface area (Å²) in [4.78, 5) is 30.1. The third kappa shape index (κ3) is 13.2. The van der Waals surface area contributed by atoms with Crippen molar-refractivity contribution >= 4 is 11.8 Å². The minimum atomic E-state index is -0.116. The van der Waals surface area contributed by atoms with Gasteiger partial charge in [0, 0.05) is 31.8 Å². The van der Waals surface area contributed by atoms with Crippen LogP contribution in [-0.2, 0) is 14.4 Å². The molecule has 0 spiro atoms. The zero-order valence-corrected chi connectivity index (χ0v) is 16.0. The number of nitrogens with zero attached hydrogens (tertiary/aromatic N) is 1. The Bertz CT molecular complexity index is 464. The maximum Gasteiger partial charge on any atom is 0.239 e. The van der Waals surface area contributed by atoms with Gasteiger partial charge in [0.05, 0.1) is 13.2 Å². The number of unbranched alkanes of at least 4 members (excludes halogenated alkanes) is 2. The number of carbonyl (C=O) groups excluding carboxylic acids is 2. The van der Waals surface area contributed by atoms with E-state index in [4.69, 9.17) is 5.90 Å². The topological polar surface area (TPSA) is 96.7 Å².